The van der Waals surface area contributed by atoms with Crippen LogP contribution < -0.4 is 9.80 Å². The first-order valence-electron chi connectivity index (χ1n) is 17.7. The van der Waals surface area contributed by atoms with Crippen LogP contribution in [0.2, 0.25) is 0 Å². The molecule has 2 atom stereocenters. The molecule has 278 valence electrons. The number of piperidine rings is 1. The summed E-state index contributed by atoms with van der Waals surface area (Å²) >= 11 is 0. The number of anilines is 2. The van der Waals surface area contributed by atoms with Crippen LogP contribution in [0.15, 0.2) is 30.6 Å². The van der Waals surface area contributed by atoms with Crippen molar-refractivity contribution in [2.45, 2.75) is 69.3 Å². The third-order valence-electron chi connectivity index (χ3n) is 10.6. The van der Waals surface area contributed by atoms with Crippen LogP contribution >= 0.6 is 0 Å². The maximum Gasteiger partial charge on any atom is 0.433 e. The molecule has 16 heteroatoms. The molecule has 3 fully saturated rings. The number of fused-ring (bicyclic) bond motifs is 1. The highest BCUT2D eigenvalue weighted by atomic mass is 19.4. The number of methoxy groups -OCH3 is 1. The predicted molar refractivity (Wildman–Crippen MR) is 187 cm³/mol. The van der Waals surface area contributed by atoms with E-state index in [0.717, 1.165) is 50.3 Å². The number of hydrogen-bond donors (Lipinski definition) is 2. The van der Waals surface area contributed by atoms with Gasteiger partial charge in [-0.25, -0.2) is 29.3 Å². The van der Waals surface area contributed by atoms with Crippen molar-refractivity contribution >= 4 is 28.6 Å². The number of aromatic amines is 1. The van der Waals surface area contributed by atoms with E-state index in [9.17, 15) is 18.0 Å². The maximum atomic E-state index is 15.1. The Morgan fingerprint density at radius 1 is 1.06 bits per heavy atom. The van der Waals surface area contributed by atoms with E-state index < -0.39 is 30.1 Å². The van der Waals surface area contributed by atoms with Gasteiger partial charge < -0.3 is 24.6 Å². The highest BCUT2D eigenvalue weighted by Crippen LogP contribution is 2.44. The molecule has 0 unspecified atom stereocenters. The number of rotatable bonds is 12. The van der Waals surface area contributed by atoms with E-state index in [4.69, 9.17) is 19.8 Å². The molecular formula is C36H43F4N9O3. The molecule has 4 aromatic rings. The lowest BCUT2D eigenvalue weighted by Gasteiger charge is -2.39. The third-order valence-corrected chi connectivity index (χ3v) is 10.6. The summed E-state index contributed by atoms with van der Waals surface area (Å²) in [5, 5.41) is 9.11. The standard InChI is InChI=1S/C36H43F4N9O3/c1-47(18-31(50)51)27-8-11-49(17-23(27)37)30-16-41-26(15-42-30)33-45-32-28(48(2)19-35(20-52-3)9-4-5-10-35)14-25(44-34(32)46-33)22-12-24(21-6-7-21)43-29(13-22)36(38,39)40/h12-16,21,23,27H,4-11,17-20H2,1-3H3,(H,50,51)(H,44,45,46)/t23-,27+/m0/s1. The zero-order valence-corrected chi connectivity index (χ0v) is 29.5. The van der Waals surface area contributed by atoms with Gasteiger partial charge in [-0.15, -0.1) is 0 Å². The summed E-state index contributed by atoms with van der Waals surface area (Å²) in [6.07, 6.45) is 3.45. The Kier molecular flexibility index (Phi) is 9.80. The number of H-pyrrole nitrogens is 1. The number of carboxylic acid groups (broad SMARTS) is 1. The fourth-order valence-corrected chi connectivity index (χ4v) is 7.88. The number of alkyl halides is 4. The molecule has 7 rings (SSSR count). The average Bonchev–Trinajstić information content (AvgIpc) is 3.71. The molecule has 0 aromatic carbocycles. The van der Waals surface area contributed by atoms with E-state index in [1.165, 1.54) is 4.90 Å². The molecule has 1 saturated heterocycles. The van der Waals surface area contributed by atoms with Crippen molar-refractivity contribution in [2.24, 2.45) is 5.41 Å². The number of pyridine rings is 2. The number of carbonyl (C=O) groups is 1. The van der Waals surface area contributed by atoms with Crippen LogP contribution in [0.4, 0.5) is 29.1 Å². The molecule has 52 heavy (non-hydrogen) atoms. The molecule has 0 bridgehead atoms. The second kappa shape index (κ2) is 14.2. The minimum Gasteiger partial charge on any atom is -0.480 e. The largest absolute Gasteiger partial charge is 0.480 e. The van der Waals surface area contributed by atoms with E-state index >= 15 is 4.39 Å². The Bertz CT molecular complexity index is 1910. The molecule has 0 spiro atoms. The zero-order valence-electron chi connectivity index (χ0n) is 29.5. The molecule has 2 N–H and O–H groups in total. The predicted octanol–water partition coefficient (Wildman–Crippen LogP) is 5.95. The van der Waals surface area contributed by atoms with E-state index in [1.54, 1.807) is 37.5 Å². The highest BCUT2D eigenvalue weighted by Gasteiger charge is 2.38. The number of nitrogens with zero attached hydrogens (tertiary/aromatic N) is 8. The van der Waals surface area contributed by atoms with Crippen LogP contribution in [0, 0.1) is 5.41 Å². The van der Waals surface area contributed by atoms with Gasteiger partial charge in [0.15, 0.2) is 11.5 Å². The summed E-state index contributed by atoms with van der Waals surface area (Å²) in [7, 11) is 5.28. The lowest BCUT2D eigenvalue weighted by molar-refractivity contribution is -0.141. The number of imidazole rings is 1. The monoisotopic (exact) mass is 725 g/mol. The molecule has 2 aliphatic carbocycles. The van der Waals surface area contributed by atoms with Gasteiger partial charge in [-0.05, 0) is 57.4 Å². The second-order valence-corrected chi connectivity index (χ2v) is 14.6. The third kappa shape index (κ3) is 7.54. The topological polar surface area (TPSA) is 136 Å². The van der Waals surface area contributed by atoms with Gasteiger partial charge in [0.25, 0.3) is 0 Å². The minimum atomic E-state index is -4.61. The average molecular weight is 726 g/mol. The lowest BCUT2D eigenvalue weighted by Crippen LogP contribution is -2.52. The normalized spacial score (nSPS) is 20.6. The molecule has 2 saturated carbocycles. The maximum absolute atomic E-state index is 15.1. The first kappa shape index (κ1) is 35.9. The zero-order chi connectivity index (χ0) is 36.8. The van der Waals surface area contributed by atoms with Crippen molar-refractivity contribution in [2.75, 3.05) is 63.8 Å². The Morgan fingerprint density at radius 2 is 1.83 bits per heavy atom. The van der Waals surface area contributed by atoms with Crippen molar-refractivity contribution in [3.63, 3.8) is 0 Å². The molecule has 4 aromatic heterocycles. The quantitative estimate of drug-likeness (QED) is 0.168. The van der Waals surface area contributed by atoms with E-state index in [0.29, 0.717) is 71.6 Å². The van der Waals surface area contributed by atoms with Crippen molar-refractivity contribution in [1.82, 2.24) is 34.8 Å². The number of aliphatic carboxylic acids is 1. The number of halogens is 4. The summed E-state index contributed by atoms with van der Waals surface area (Å²) in [5.41, 5.74) is 2.16. The smallest absolute Gasteiger partial charge is 0.433 e. The molecule has 3 aliphatic rings. The number of hydrogen-bond acceptors (Lipinski definition) is 10. The van der Waals surface area contributed by atoms with Gasteiger partial charge in [-0.3, -0.25) is 9.69 Å². The fourth-order valence-electron chi connectivity index (χ4n) is 7.88. The molecular weight excluding hydrogens is 682 g/mol. The van der Waals surface area contributed by atoms with Gasteiger partial charge in [0.2, 0.25) is 0 Å². The molecule has 0 radical (unpaired) electrons. The molecule has 12 nitrogen and oxygen atoms in total. The van der Waals surface area contributed by atoms with Crippen LogP contribution in [-0.4, -0.2) is 112 Å². The van der Waals surface area contributed by atoms with E-state index in [1.807, 2.05) is 13.1 Å². The van der Waals surface area contributed by atoms with Crippen LogP contribution in [0.5, 0.6) is 0 Å². The second-order valence-electron chi connectivity index (χ2n) is 14.6. The first-order valence-corrected chi connectivity index (χ1v) is 17.7. The summed E-state index contributed by atoms with van der Waals surface area (Å²) in [6.45, 7) is 1.55. The Balaban J connectivity index is 1.22. The van der Waals surface area contributed by atoms with E-state index in [2.05, 4.69) is 24.8 Å². The highest BCUT2D eigenvalue weighted by molar-refractivity contribution is 5.91. The van der Waals surface area contributed by atoms with Gasteiger partial charge in [0.1, 0.15) is 28.9 Å². The van der Waals surface area contributed by atoms with Crippen LogP contribution in [0.1, 0.15) is 62.3 Å². The lowest BCUT2D eigenvalue weighted by atomic mass is 9.86. The minimum absolute atomic E-state index is 0.00199. The van der Waals surface area contributed by atoms with Crippen molar-refractivity contribution in [1.29, 1.82) is 0 Å². The Labute approximate surface area is 298 Å². The van der Waals surface area contributed by atoms with E-state index in [-0.39, 0.29) is 24.4 Å². The van der Waals surface area contributed by atoms with Crippen LogP contribution in [-0.2, 0) is 15.7 Å². The van der Waals surface area contributed by atoms with Gasteiger partial charge in [0, 0.05) is 55.9 Å². The molecule has 1 aliphatic heterocycles. The SMILES string of the molecule is COCC1(CN(C)c2cc(-c3cc(C4CC4)nc(C(F)(F)F)c3)nc3nc(-c4cnc(N5CC[C@@H](N(C)CC(=O)O)[C@@H](F)C5)cn4)[nH]c23)CCCC1. The van der Waals surface area contributed by atoms with Crippen LogP contribution in [0.25, 0.3) is 33.9 Å². The van der Waals surface area contributed by atoms with Crippen molar-refractivity contribution in [3.8, 4) is 22.8 Å². The summed E-state index contributed by atoms with van der Waals surface area (Å²) < 4.78 is 62.8. The van der Waals surface area contributed by atoms with Gasteiger partial charge in [-0.2, -0.15) is 13.2 Å². The number of aromatic nitrogens is 6. The molecule has 0 amide bonds. The van der Waals surface area contributed by atoms with Gasteiger partial charge in [-0.1, -0.05) is 12.8 Å². The molecule has 5 heterocycles. The Hall–Kier alpha value is -4.44. The summed E-state index contributed by atoms with van der Waals surface area (Å²) in [4.78, 5) is 42.5. The first-order chi connectivity index (χ1) is 24.8. The van der Waals surface area contributed by atoms with Crippen LogP contribution in [0.3, 0.4) is 0 Å². The number of likely N-dealkylation sites (N-methyl/N-ethyl adjacent to an activating group) is 1. The van der Waals surface area contributed by atoms with Crippen molar-refractivity contribution < 1.29 is 32.2 Å². The Morgan fingerprint density at radius 3 is 2.46 bits per heavy atom. The van der Waals surface area contributed by atoms with Crippen molar-refractivity contribution in [3.05, 3.63) is 42.0 Å². The van der Waals surface area contributed by atoms with Gasteiger partial charge >= 0.3 is 12.1 Å². The fraction of sp³-hybridized carbons (Fsp3) is 0.556. The number of nitrogens with one attached hydrogen (secondary N) is 1. The van der Waals surface area contributed by atoms with Gasteiger partial charge in [0.05, 0.1) is 43.5 Å². The summed E-state index contributed by atoms with van der Waals surface area (Å²) in [5.74, 6) is -0.147. The number of ether oxygens (including phenoxy) is 1. The number of carboxylic acids is 1. The summed E-state index contributed by atoms with van der Waals surface area (Å²) in [6, 6.07) is 4.07.